The molecule has 0 saturated heterocycles. The van der Waals surface area contributed by atoms with Gasteiger partial charge in [-0.2, -0.15) is 9.61 Å². The van der Waals surface area contributed by atoms with Gasteiger partial charge in [0.05, 0.1) is 6.20 Å². The first-order valence-corrected chi connectivity index (χ1v) is 8.26. The Bertz CT molecular complexity index is 955. The van der Waals surface area contributed by atoms with Crippen molar-refractivity contribution in [3.05, 3.63) is 53.1 Å². The average Bonchev–Trinajstić information content (AvgIpc) is 2.89. The van der Waals surface area contributed by atoms with Crippen molar-refractivity contribution in [2.45, 2.75) is 25.2 Å². The highest BCUT2D eigenvalue weighted by Gasteiger charge is 2.25. The number of ether oxygens (including phenoxy) is 1. The number of carbonyl (C=O) groups excluding carboxylic acids is 1. The zero-order chi connectivity index (χ0) is 17.4. The Morgan fingerprint density at radius 2 is 2.20 bits per heavy atom. The maximum atomic E-state index is 13.2. The quantitative estimate of drug-likeness (QED) is 0.703. The van der Waals surface area contributed by atoms with E-state index < -0.39 is 11.9 Å². The molecule has 0 atom stereocenters. The Morgan fingerprint density at radius 1 is 1.36 bits per heavy atom. The SMILES string of the molecule is O=C(Nc1cccc(F)c1)Oc1cc(Cl)nc2c(C3CCC3)cnn12. The van der Waals surface area contributed by atoms with Crippen molar-refractivity contribution in [3.8, 4) is 5.88 Å². The molecule has 0 bridgehead atoms. The van der Waals surface area contributed by atoms with E-state index in [9.17, 15) is 9.18 Å². The van der Waals surface area contributed by atoms with Crippen LogP contribution >= 0.6 is 11.6 Å². The van der Waals surface area contributed by atoms with Crippen LogP contribution in [0.25, 0.3) is 5.65 Å². The zero-order valence-corrected chi connectivity index (χ0v) is 13.8. The van der Waals surface area contributed by atoms with Crippen LogP contribution in [0.1, 0.15) is 30.7 Å². The number of benzene rings is 1. The number of aromatic nitrogens is 3. The van der Waals surface area contributed by atoms with E-state index in [-0.39, 0.29) is 16.7 Å². The van der Waals surface area contributed by atoms with Gasteiger partial charge in [-0.05, 0) is 37.0 Å². The fourth-order valence-electron chi connectivity index (χ4n) is 2.81. The monoisotopic (exact) mass is 360 g/mol. The number of halogens is 2. The third kappa shape index (κ3) is 3.15. The van der Waals surface area contributed by atoms with Crippen LogP contribution in [0, 0.1) is 5.82 Å². The molecule has 1 N–H and O–H groups in total. The number of anilines is 1. The molecule has 2 heterocycles. The molecule has 0 radical (unpaired) electrons. The van der Waals surface area contributed by atoms with E-state index in [1.807, 2.05) is 0 Å². The number of fused-ring (bicyclic) bond motifs is 1. The molecule has 1 aliphatic rings. The average molecular weight is 361 g/mol. The number of hydrogen-bond acceptors (Lipinski definition) is 4. The third-order valence-electron chi connectivity index (χ3n) is 4.25. The molecule has 1 aromatic carbocycles. The molecule has 25 heavy (non-hydrogen) atoms. The van der Waals surface area contributed by atoms with Crippen LogP contribution in [0.4, 0.5) is 14.9 Å². The van der Waals surface area contributed by atoms with Gasteiger partial charge in [-0.1, -0.05) is 24.1 Å². The van der Waals surface area contributed by atoms with Gasteiger partial charge >= 0.3 is 6.09 Å². The van der Waals surface area contributed by atoms with E-state index in [1.54, 1.807) is 12.3 Å². The summed E-state index contributed by atoms with van der Waals surface area (Å²) in [5, 5.41) is 6.94. The predicted octanol–water partition coefficient (Wildman–Crippen LogP) is 4.40. The molecule has 1 amide bonds. The van der Waals surface area contributed by atoms with Crippen LogP contribution in [0.2, 0.25) is 5.15 Å². The molecule has 4 rings (SSSR count). The second-order valence-electron chi connectivity index (χ2n) is 5.91. The highest BCUT2D eigenvalue weighted by Crippen LogP contribution is 2.38. The smallest absolute Gasteiger partial charge is 0.391 e. The van der Waals surface area contributed by atoms with E-state index in [1.165, 1.54) is 35.2 Å². The zero-order valence-electron chi connectivity index (χ0n) is 13.1. The Labute approximate surface area is 147 Å². The predicted molar refractivity (Wildman–Crippen MR) is 90.6 cm³/mol. The van der Waals surface area contributed by atoms with E-state index in [2.05, 4.69) is 15.4 Å². The Kier molecular flexibility index (Phi) is 4.01. The van der Waals surface area contributed by atoms with Crippen molar-refractivity contribution in [1.29, 1.82) is 0 Å². The van der Waals surface area contributed by atoms with Crippen molar-refractivity contribution < 1.29 is 13.9 Å². The van der Waals surface area contributed by atoms with Crippen LogP contribution in [-0.4, -0.2) is 20.7 Å². The lowest BCUT2D eigenvalue weighted by Crippen LogP contribution is -2.18. The summed E-state index contributed by atoms with van der Waals surface area (Å²) in [6, 6.07) is 6.94. The number of amides is 1. The van der Waals surface area contributed by atoms with Crippen LogP contribution < -0.4 is 10.1 Å². The fraction of sp³-hybridized carbons (Fsp3) is 0.235. The maximum Gasteiger partial charge on any atom is 0.418 e. The van der Waals surface area contributed by atoms with Crippen LogP contribution in [0.3, 0.4) is 0 Å². The summed E-state index contributed by atoms with van der Waals surface area (Å²) in [6.45, 7) is 0. The number of nitrogens with one attached hydrogen (secondary N) is 1. The van der Waals surface area contributed by atoms with E-state index >= 15 is 0 Å². The van der Waals surface area contributed by atoms with Crippen molar-refractivity contribution >= 4 is 29.0 Å². The molecule has 3 aromatic rings. The number of hydrogen-bond donors (Lipinski definition) is 1. The van der Waals surface area contributed by atoms with Crippen LogP contribution in [0.15, 0.2) is 36.5 Å². The Hall–Kier alpha value is -2.67. The van der Waals surface area contributed by atoms with Gasteiger partial charge in [-0.15, -0.1) is 0 Å². The van der Waals surface area contributed by atoms with Crippen molar-refractivity contribution in [3.63, 3.8) is 0 Å². The minimum atomic E-state index is -0.769. The Morgan fingerprint density at radius 3 is 2.92 bits per heavy atom. The van der Waals surface area contributed by atoms with Gasteiger partial charge in [0, 0.05) is 17.3 Å². The van der Waals surface area contributed by atoms with Gasteiger partial charge in [-0.25, -0.2) is 14.2 Å². The lowest BCUT2D eigenvalue weighted by atomic mass is 9.81. The summed E-state index contributed by atoms with van der Waals surface area (Å²) in [4.78, 5) is 16.4. The first kappa shape index (κ1) is 15.8. The number of nitrogens with zero attached hydrogens (tertiary/aromatic N) is 3. The first-order valence-electron chi connectivity index (χ1n) is 7.89. The summed E-state index contributed by atoms with van der Waals surface area (Å²) in [6.07, 6.45) is 4.33. The summed E-state index contributed by atoms with van der Waals surface area (Å²) in [7, 11) is 0. The van der Waals surface area contributed by atoms with Crippen molar-refractivity contribution in [1.82, 2.24) is 14.6 Å². The van der Waals surface area contributed by atoms with E-state index in [4.69, 9.17) is 16.3 Å². The molecule has 8 heteroatoms. The van der Waals surface area contributed by atoms with Gasteiger partial charge in [0.15, 0.2) is 5.65 Å². The number of rotatable bonds is 3. The minimum Gasteiger partial charge on any atom is -0.391 e. The summed E-state index contributed by atoms with van der Waals surface area (Å²) in [5.41, 5.74) is 1.88. The maximum absolute atomic E-state index is 13.2. The highest BCUT2D eigenvalue weighted by molar-refractivity contribution is 6.29. The molecule has 0 unspecified atom stereocenters. The lowest BCUT2D eigenvalue weighted by Gasteiger charge is -2.24. The second-order valence-corrected chi connectivity index (χ2v) is 6.29. The van der Waals surface area contributed by atoms with Gasteiger partial charge in [-0.3, -0.25) is 5.32 Å². The van der Waals surface area contributed by atoms with Gasteiger partial charge in [0.2, 0.25) is 5.88 Å². The topological polar surface area (TPSA) is 68.5 Å². The second kappa shape index (κ2) is 6.33. The standard InChI is InChI=1S/C17H14ClFN4O2/c18-14-8-15(25-17(24)21-12-6-2-5-11(19)7-12)23-16(22-14)13(9-20-23)10-3-1-4-10/h2,5-10H,1,3-4H2,(H,21,24). The normalized spacial score (nSPS) is 14.3. The molecule has 1 saturated carbocycles. The lowest BCUT2D eigenvalue weighted by molar-refractivity contribution is 0.212. The molecular weight excluding hydrogens is 347 g/mol. The van der Waals surface area contributed by atoms with Gasteiger partial charge in [0.25, 0.3) is 0 Å². The molecule has 6 nitrogen and oxygen atoms in total. The Balaban J connectivity index is 1.60. The van der Waals surface area contributed by atoms with Crippen molar-refractivity contribution in [2.24, 2.45) is 0 Å². The molecule has 0 spiro atoms. The summed E-state index contributed by atoms with van der Waals surface area (Å²) < 4.78 is 19.9. The minimum absolute atomic E-state index is 0.148. The molecular formula is C17H14ClFN4O2. The van der Waals surface area contributed by atoms with Gasteiger partial charge in [0.1, 0.15) is 11.0 Å². The fourth-order valence-corrected chi connectivity index (χ4v) is 2.98. The molecule has 128 valence electrons. The van der Waals surface area contributed by atoms with E-state index in [0.29, 0.717) is 11.6 Å². The largest absolute Gasteiger partial charge is 0.418 e. The summed E-state index contributed by atoms with van der Waals surface area (Å²) >= 11 is 6.07. The summed E-state index contributed by atoms with van der Waals surface area (Å²) in [5.74, 6) is 0.108. The highest BCUT2D eigenvalue weighted by atomic mass is 35.5. The van der Waals surface area contributed by atoms with Crippen LogP contribution in [0.5, 0.6) is 5.88 Å². The molecule has 0 aliphatic heterocycles. The first-order chi connectivity index (χ1) is 12.1. The van der Waals surface area contributed by atoms with Crippen molar-refractivity contribution in [2.75, 3.05) is 5.32 Å². The van der Waals surface area contributed by atoms with E-state index in [0.717, 1.165) is 18.4 Å². The third-order valence-corrected chi connectivity index (χ3v) is 4.44. The molecule has 1 fully saturated rings. The van der Waals surface area contributed by atoms with Crippen LogP contribution in [-0.2, 0) is 0 Å². The number of carbonyl (C=O) groups is 1. The van der Waals surface area contributed by atoms with Gasteiger partial charge < -0.3 is 4.74 Å². The molecule has 1 aliphatic carbocycles. The molecule has 2 aromatic heterocycles.